The van der Waals surface area contributed by atoms with E-state index in [9.17, 15) is 5.11 Å². The molecule has 1 N–H and O–H groups in total. The Kier molecular flexibility index (Phi) is 3.22. The van der Waals surface area contributed by atoms with E-state index >= 15 is 0 Å². The molecule has 1 saturated heterocycles. The van der Waals surface area contributed by atoms with E-state index in [1.54, 1.807) is 6.07 Å². The van der Waals surface area contributed by atoms with Gasteiger partial charge in [0.1, 0.15) is 5.75 Å². The topological polar surface area (TPSA) is 47.3 Å². The van der Waals surface area contributed by atoms with Crippen LogP contribution in [0.15, 0.2) is 18.2 Å². The van der Waals surface area contributed by atoms with Crippen molar-refractivity contribution >= 4 is 0 Å². The van der Waals surface area contributed by atoms with Crippen LogP contribution in [0.5, 0.6) is 5.75 Å². The molecule has 3 rings (SSSR count). The number of aromatic hydroxyl groups is 1. The Bertz CT molecular complexity index is 563. The van der Waals surface area contributed by atoms with Gasteiger partial charge in [-0.2, -0.15) is 5.26 Å². The molecule has 106 valence electrons. The van der Waals surface area contributed by atoms with Crippen molar-refractivity contribution in [3.8, 4) is 11.8 Å². The quantitative estimate of drug-likeness (QED) is 0.899. The van der Waals surface area contributed by atoms with Crippen LogP contribution in [0.25, 0.3) is 0 Å². The normalized spacial score (nSPS) is 32.5. The molecule has 1 heterocycles. The van der Waals surface area contributed by atoms with Crippen LogP contribution >= 0.6 is 0 Å². The summed E-state index contributed by atoms with van der Waals surface area (Å²) in [5, 5.41) is 18.6. The lowest BCUT2D eigenvalue weighted by atomic mass is 9.59. The Hall–Kier alpha value is -1.53. The van der Waals surface area contributed by atoms with Crippen LogP contribution in [0.1, 0.15) is 37.8 Å². The average Bonchev–Trinajstić information content (AvgIpc) is 2.43. The van der Waals surface area contributed by atoms with Crippen LogP contribution in [-0.4, -0.2) is 29.1 Å². The van der Waals surface area contributed by atoms with Gasteiger partial charge in [0.05, 0.1) is 6.07 Å². The zero-order valence-corrected chi connectivity index (χ0v) is 12.3. The molecule has 3 heteroatoms. The number of hydrogen-bond donors (Lipinski definition) is 1. The minimum absolute atomic E-state index is 0.153. The van der Waals surface area contributed by atoms with Gasteiger partial charge < -0.3 is 5.11 Å². The van der Waals surface area contributed by atoms with Crippen molar-refractivity contribution in [2.75, 3.05) is 13.1 Å². The number of nitriles is 1. The molecule has 1 aliphatic heterocycles. The zero-order chi connectivity index (χ0) is 14.3. The van der Waals surface area contributed by atoms with Gasteiger partial charge in [-0.3, -0.25) is 4.90 Å². The molecule has 0 saturated carbocycles. The van der Waals surface area contributed by atoms with Crippen molar-refractivity contribution in [2.24, 2.45) is 5.92 Å². The van der Waals surface area contributed by atoms with Gasteiger partial charge in [0.15, 0.2) is 0 Å². The molecule has 0 spiro atoms. The average molecular weight is 270 g/mol. The minimum Gasteiger partial charge on any atom is -0.508 e. The molecule has 1 aliphatic carbocycles. The lowest BCUT2D eigenvalue weighted by Crippen LogP contribution is -2.58. The molecule has 0 amide bonds. The molecule has 2 bridgehead atoms. The van der Waals surface area contributed by atoms with Crippen LogP contribution in [0.4, 0.5) is 0 Å². The number of rotatable bonds is 2. The van der Waals surface area contributed by atoms with Crippen LogP contribution in [0.2, 0.25) is 0 Å². The number of nitrogens with zero attached hydrogens (tertiary/aromatic N) is 2. The summed E-state index contributed by atoms with van der Waals surface area (Å²) in [7, 11) is 0. The van der Waals surface area contributed by atoms with Gasteiger partial charge in [0.25, 0.3) is 0 Å². The van der Waals surface area contributed by atoms with Crippen LogP contribution in [0.3, 0.4) is 0 Å². The largest absolute Gasteiger partial charge is 0.508 e. The van der Waals surface area contributed by atoms with Crippen LogP contribution in [0, 0.1) is 17.2 Å². The van der Waals surface area contributed by atoms with Crippen molar-refractivity contribution in [1.29, 1.82) is 5.26 Å². The van der Waals surface area contributed by atoms with Crippen LogP contribution < -0.4 is 0 Å². The highest BCUT2D eigenvalue weighted by atomic mass is 16.3. The molecule has 0 aromatic heterocycles. The van der Waals surface area contributed by atoms with E-state index in [1.165, 1.54) is 11.1 Å². The first-order valence-corrected chi connectivity index (χ1v) is 7.49. The molecule has 2 aliphatic rings. The number of benzene rings is 1. The number of piperidine rings is 1. The fraction of sp³-hybridized carbons (Fsp3) is 0.588. The third-order valence-electron chi connectivity index (χ3n) is 5.62. The van der Waals surface area contributed by atoms with E-state index in [4.69, 9.17) is 5.26 Å². The van der Waals surface area contributed by atoms with Gasteiger partial charge in [0.2, 0.25) is 0 Å². The molecule has 1 aromatic carbocycles. The summed E-state index contributed by atoms with van der Waals surface area (Å²) in [5.41, 5.74) is 2.86. The van der Waals surface area contributed by atoms with Crippen molar-refractivity contribution in [3.63, 3.8) is 0 Å². The Balaban J connectivity index is 1.98. The van der Waals surface area contributed by atoms with Crippen LogP contribution in [-0.2, 0) is 11.8 Å². The van der Waals surface area contributed by atoms with Crippen molar-refractivity contribution in [1.82, 2.24) is 4.90 Å². The second-order valence-electron chi connectivity index (χ2n) is 6.51. The van der Waals surface area contributed by atoms with Crippen molar-refractivity contribution in [2.45, 2.75) is 44.6 Å². The summed E-state index contributed by atoms with van der Waals surface area (Å²) >= 11 is 0. The Morgan fingerprint density at radius 2 is 2.30 bits per heavy atom. The molecule has 3 nitrogen and oxygen atoms in total. The number of hydrogen-bond acceptors (Lipinski definition) is 3. The van der Waals surface area contributed by atoms with E-state index in [1.807, 2.05) is 6.07 Å². The Labute approximate surface area is 120 Å². The highest BCUT2D eigenvalue weighted by Crippen LogP contribution is 2.49. The summed E-state index contributed by atoms with van der Waals surface area (Å²) in [5.74, 6) is 0.937. The molecule has 0 radical (unpaired) electrons. The molecule has 0 unspecified atom stereocenters. The number of phenolic OH excluding ortho intramolecular Hbond substituents is 1. The lowest BCUT2D eigenvalue weighted by Gasteiger charge is -2.54. The van der Waals surface area contributed by atoms with E-state index in [-0.39, 0.29) is 5.41 Å². The second kappa shape index (κ2) is 4.79. The van der Waals surface area contributed by atoms with Gasteiger partial charge in [-0.05, 0) is 54.0 Å². The predicted octanol–water partition coefficient (Wildman–Crippen LogP) is 2.83. The minimum atomic E-state index is 0.153. The van der Waals surface area contributed by atoms with Crippen molar-refractivity contribution in [3.05, 3.63) is 29.3 Å². The number of likely N-dealkylation sites (tertiary alicyclic amines) is 1. The third kappa shape index (κ3) is 1.91. The maximum absolute atomic E-state index is 9.81. The highest BCUT2D eigenvalue weighted by Gasteiger charge is 2.48. The monoisotopic (exact) mass is 270 g/mol. The maximum Gasteiger partial charge on any atom is 0.115 e. The standard InChI is InChI=1S/C17H22N2O/c1-12-16-10-13-4-5-14(20)11-15(13)17(12,2)6-9-19(16)8-3-7-18/h4-5,11-12,16,20H,3,6,8-10H2,1-2H3/t12-,16-,17-/m0/s1. The summed E-state index contributed by atoms with van der Waals surface area (Å²) in [4.78, 5) is 2.49. The van der Waals surface area contributed by atoms with Gasteiger partial charge in [0, 0.05) is 19.0 Å². The van der Waals surface area contributed by atoms with Gasteiger partial charge in [-0.15, -0.1) is 0 Å². The highest BCUT2D eigenvalue weighted by molar-refractivity contribution is 5.44. The number of fused-ring (bicyclic) bond motifs is 4. The van der Waals surface area contributed by atoms with Gasteiger partial charge in [-0.25, -0.2) is 0 Å². The van der Waals surface area contributed by atoms with Gasteiger partial charge in [-0.1, -0.05) is 19.9 Å². The van der Waals surface area contributed by atoms with Gasteiger partial charge >= 0.3 is 0 Å². The Morgan fingerprint density at radius 1 is 1.50 bits per heavy atom. The predicted molar refractivity (Wildman–Crippen MR) is 78.5 cm³/mol. The first-order valence-electron chi connectivity index (χ1n) is 7.49. The second-order valence-corrected chi connectivity index (χ2v) is 6.51. The molecular weight excluding hydrogens is 248 g/mol. The molecule has 20 heavy (non-hydrogen) atoms. The SMILES string of the molecule is C[C@H]1[C@@H]2Cc3ccc(O)cc3[C@@]1(C)CCN2CCC#N. The molecule has 1 fully saturated rings. The zero-order valence-electron chi connectivity index (χ0n) is 12.3. The first-order chi connectivity index (χ1) is 9.56. The lowest BCUT2D eigenvalue weighted by molar-refractivity contribution is 0.0329. The van der Waals surface area contributed by atoms with Crippen molar-refractivity contribution < 1.29 is 5.11 Å². The van der Waals surface area contributed by atoms with E-state index < -0.39 is 0 Å². The summed E-state index contributed by atoms with van der Waals surface area (Å²) in [6.07, 6.45) is 2.76. The third-order valence-corrected chi connectivity index (χ3v) is 5.62. The fourth-order valence-electron chi connectivity index (χ4n) is 4.17. The fourth-order valence-corrected chi connectivity index (χ4v) is 4.17. The van der Waals surface area contributed by atoms with E-state index in [2.05, 4.69) is 30.9 Å². The smallest absolute Gasteiger partial charge is 0.115 e. The number of phenols is 1. The van der Waals surface area contributed by atoms with E-state index in [0.29, 0.717) is 24.1 Å². The molecule has 3 atom stereocenters. The maximum atomic E-state index is 9.81. The Morgan fingerprint density at radius 3 is 3.05 bits per heavy atom. The summed E-state index contributed by atoms with van der Waals surface area (Å²) in [6, 6.07) is 8.64. The first kappa shape index (κ1) is 13.5. The summed E-state index contributed by atoms with van der Waals surface area (Å²) in [6.45, 7) is 6.61. The summed E-state index contributed by atoms with van der Waals surface area (Å²) < 4.78 is 0. The molecule has 1 aromatic rings. The molecular formula is C17H22N2O. The van der Waals surface area contributed by atoms with E-state index in [0.717, 1.165) is 25.9 Å².